The van der Waals surface area contributed by atoms with Crippen LogP contribution in [-0.2, 0) is 5.41 Å². The molecule has 2 nitrogen and oxygen atoms in total. The van der Waals surface area contributed by atoms with Crippen LogP contribution in [0.2, 0.25) is 0 Å². The molecule has 0 unspecified atom stereocenters. The van der Waals surface area contributed by atoms with Crippen molar-refractivity contribution >= 4 is 0 Å². The number of rotatable bonds is 1. The first kappa shape index (κ1) is 10.8. The molecule has 2 heterocycles. The largest absolute Gasteiger partial charge is 0.255 e. The third kappa shape index (κ3) is 2.27. The van der Waals surface area contributed by atoms with Crippen molar-refractivity contribution in [2.24, 2.45) is 0 Å². The summed E-state index contributed by atoms with van der Waals surface area (Å²) < 4.78 is 0. The standard InChI is InChI=1S/C14H16N2/c1-14(2,3)13-9-6-8-12(16-13)11-7-4-5-10-15-11/h4-10H,1-3H3. The molecule has 0 N–H and O–H groups in total. The van der Waals surface area contributed by atoms with Crippen LogP contribution in [0, 0.1) is 0 Å². The second-order valence-electron chi connectivity index (χ2n) is 4.87. The lowest BCUT2D eigenvalue weighted by Gasteiger charge is -2.18. The minimum absolute atomic E-state index is 0.0742. The highest BCUT2D eigenvalue weighted by Gasteiger charge is 2.15. The Labute approximate surface area is 96.4 Å². The minimum atomic E-state index is 0.0742. The number of hydrogen-bond donors (Lipinski definition) is 0. The van der Waals surface area contributed by atoms with E-state index < -0.39 is 0 Å². The maximum Gasteiger partial charge on any atom is 0.0889 e. The molecule has 0 fully saturated rings. The van der Waals surface area contributed by atoms with Gasteiger partial charge in [-0.3, -0.25) is 9.97 Å². The number of hydrogen-bond acceptors (Lipinski definition) is 2. The first-order valence-corrected chi connectivity index (χ1v) is 5.46. The molecule has 0 radical (unpaired) electrons. The van der Waals surface area contributed by atoms with Crippen LogP contribution < -0.4 is 0 Å². The van der Waals surface area contributed by atoms with Crippen molar-refractivity contribution in [1.29, 1.82) is 0 Å². The van der Waals surface area contributed by atoms with Gasteiger partial charge < -0.3 is 0 Å². The Balaban J connectivity index is 2.45. The predicted molar refractivity (Wildman–Crippen MR) is 66.2 cm³/mol. The summed E-state index contributed by atoms with van der Waals surface area (Å²) >= 11 is 0. The van der Waals surface area contributed by atoms with Crippen molar-refractivity contribution in [3.05, 3.63) is 48.3 Å². The van der Waals surface area contributed by atoms with Gasteiger partial charge in [0.05, 0.1) is 11.4 Å². The lowest BCUT2D eigenvalue weighted by molar-refractivity contribution is 0.569. The van der Waals surface area contributed by atoms with E-state index in [0.29, 0.717) is 0 Å². The van der Waals surface area contributed by atoms with Crippen molar-refractivity contribution in [2.45, 2.75) is 26.2 Å². The molecule has 0 aromatic carbocycles. The topological polar surface area (TPSA) is 25.8 Å². The molecular weight excluding hydrogens is 196 g/mol. The summed E-state index contributed by atoms with van der Waals surface area (Å²) in [5.41, 5.74) is 3.03. The molecule has 0 atom stereocenters. The first-order valence-electron chi connectivity index (χ1n) is 5.46. The Morgan fingerprint density at radius 1 is 0.875 bits per heavy atom. The maximum atomic E-state index is 4.65. The van der Waals surface area contributed by atoms with Crippen LogP contribution in [0.4, 0.5) is 0 Å². The van der Waals surface area contributed by atoms with Gasteiger partial charge in [0.15, 0.2) is 0 Å². The molecule has 0 spiro atoms. The quantitative estimate of drug-likeness (QED) is 0.723. The van der Waals surface area contributed by atoms with Gasteiger partial charge in [0.25, 0.3) is 0 Å². The monoisotopic (exact) mass is 212 g/mol. The number of pyridine rings is 2. The molecule has 2 aromatic rings. The summed E-state index contributed by atoms with van der Waals surface area (Å²) in [5, 5.41) is 0. The van der Waals surface area contributed by atoms with Crippen LogP contribution in [0.15, 0.2) is 42.6 Å². The van der Waals surface area contributed by atoms with Gasteiger partial charge in [-0.1, -0.05) is 32.9 Å². The average Bonchev–Trinajstić information content (AvgIpc) is 2.29. The molecule has 2 rings (SSSR count). The van der Waals surface area contributed by atoms with Crippen LogP contribution in [0.1, 0.15) is 26.5 Å². The van der Waals surface area contributed by atoms with Crippen molar-refractivity contribution < 1.29 is 0 Å². The summed E-state index contributed by atoms with van der Waals surface area (Å²) in [6.07, 6.45) is 1.79. The van der Waals surface area contributed by atoms with Crippen LogP contribution in [-0.4, -0.2) is 9.97 Å². The van der Waals surface area contributed by atoms with E-state index in [1.165, 1.54) is 0 Å². The van der Waals surface area contributed by atoms with E-state index in [2.05, 4.69) is 36.8 Å². The van der Waals surface area contributed by atoms with Crippen LogP contribution in [0.5, 0.6) is 0 Å². The molecule has 0 saturated carbocycles. The second kappa shape index (κ2) is 4.05. The Kier molecular flexibility index (Phi) is 2.73. The third-order valence-electron chi connectivity index (χ3n) is 2.44. The molecule has 2 heteroatoms. The van der Waals surface area contributed by atoms with E-state index in [-0.39, 0.29) is 5.41 Å². The van der Waals surface area contributed by atoms with Gasteiger partial charge in [-0.05, 0) is 24.3 Å². The van der Waals surface area contributed by atoms with Crippen molar-refractivity contribution in [3.8, 4) is 11.4 Å². The fraction of sp³-hybridized carbons (Fsp3) is 0.286. The molecule has 16 heavy (non-hydrogen) atoms. The minimum Gasteiger partial charge on any atom is -0.255 e. The van der Waals surface area contributed by atoms with E-state index >= 15 is 0 Å². The number of aromatic nitrogens is 2. The van der Waals surface area contributed by atoms with E-state index in [1.807, 2.05) is 30.3 Å². The van der Waals surface area contributed by atoms with E-state index in [9.17, 15) is 0 Å². The molecule has 0 aliphatic rings. The Bertz CT molecular complexity index is 470. The zero-order chi connectivity index (χ0) is 11.6. The molecule has 0 amide bonds. The van der Waals surface area contributed by atoms with Crippen molar-refractivity contribution in [1.82, 2.24) is 9.97 Å². The molecular formula is C14H16N2. The highest BCUT2D eigenvalue weighted by molar-refractivity contribution is 5.53. The molecule has 0 aliphatic heterocycles. The SMILES string of the molecule is CC(C)(C)c1cccc(-c2ccccn2)n1. The summed E-state index contributed by atoms with van der Waals surface area (Å²) in [6.45, 7) is 6.49. The van der Waals surface area contributed by atoms with Gasteiger partial charge >= 0.3 is 0 Å². The highest BCUT2D eigenvalue weighted by atomic mass is 14.8. The van der Waals surface area contributed by atoms with Crippen LogP contribution in [0.3, 0.4) is 0 Å². The predicted octanol–water partition coefficient (Wildman–Crippen LogP) is 3.44. The van der Waals surface area contributed by atoms with Gasteiger partial charge in [0.2, 0.25) is 0 Å². The normalized spacial score (nSPS) is 11.4. The molecule has 82 valence electrons. The van der Waals surface area contributed by atoms with Crippen LogP contribution in [0.25, 0.3) is 11.4 Å². The van der Waals surface area contributed by atoms with Crippen molar-refractivity contribution in [3.63, 3.8) is 0 Å². The van der Waals surface area contributed by atoms with Gasteiger partial charge in [-0.25, -0.2) is 0 Å². The summed E-state index contributed by atoms with van der Waals surface area (Å²) in [4.78, 5) is 8.96. The smallest absolute Gasteiger partial charge is 0.0889 e. The summed E-state index contributed by atoms with van der Waals surface area (Å²) in [7, 11) is 0. The fourth-order valence-corrected chi connectivity index (χ4v) is 1.51. The van der Waals surface area contributed by atoms with E-state index in [0.717, 1.165) is 17.1 Å². The highest BCUT2D eigenvalue weighted by Crippen LogP contribution is 2.22. The molecule has 2 aromatic heterocycles. The Morgan fingerprint density at radius 2 is 1.62 bits per heavy atom. The van der Waals surface area contributed by atoms with Gasteiger partial charge in [-0.15, -0.1) is 0 Å². The Hall–Kier alpha value is -1.70. The van der Waals surface area contributed by atoms with E-state index in [1.54, 1.807) is 6.20 Å². The summed E-state index contributed by atoms with van der Waals surface area (Å²) in [5.74, 6) is 0. The molecule has 0 bridgehead atoms. The van der Waals surface area contributed by atoms with E-state index in [4.69, 9.17) is 0 Å². The van der Waals surface area contributed by atoms with Gasteiger partial charge in [0.1, 0.15) is 0 Å². The zero-order valence-corrected chi connectivity index (χ0v) is 9.94. The van der Waals surface area contributed by atoms with Gasteiger partial charge in [0, 0.05) is 17.3 Å². The molecule has 0 saturated heterocycles. The Morgan fingerprint density at radius 3 is 2.25 bits per heavy atom. The lowest BCUT2D eigenvalue weighted by Crippen LogP contribution is -2.13. The fourth-order valence-electron chi connectivity index (χ4n) is 1.51. The molecule has 0 aliphatic carbocycles. The van der Waals surface area contributed by atoms with Crippen molar-refractivity contribution in [2.75, 3.05) is 0 Å². The summed E-state index contributed by atoms with van der Waals surface area (Å²) in [6, 6.07) is 12.0. The zero-order valence-electron chi connectivity index (χ0n) is 9.94. The van der Waals surface area contributed by atoms with Gasteiger partial charge in [-0.2, -0.15) is 0 Å². The third-order valence-corrected chi connectivity index (χ3v) is 2.44. The first-order chi connectivity index (χ1) is 7.57. The maximum absolute atomic E-state index is 4.65. The number of nitrogens with zero attached hydrogens (tertiary/aromatic N) is 2. The lowest BCUT2D eigenvalue weighted by atomic mass is 9.91. The average molecular weight is 212 g/mol. The van der Waals surface area contributed by atoms with Crippen LogP contribution >= 0.6 is 0 Å². The second-order valence-corrected chi connectivity index (χ2v) is 4.87.